The first-order chi connectivity index (χ1) is 24.4. The number of imidazole rings is 1. The lowest BCUT2D eigenvalue weighted by molar-refractivity contribution is 0.0782. The summed E-state index contributed by atoms with van der Waals surface area (Å²) in [5.74, 6) is 3.54. The Balaban J connectivity index is 1.14. The van der Waals surface area contributed by atoms with Crippen molar-refractivity contribution in [3.8, 4) is 17.2 Å². The summed E-state index contributed by atoms with van der Waals surface area (Å²) >= 11 is 0. The molecule has 12 nitrogen and oxygen atoms in total. The van der Waals surface area contributed by atoms with Gasteiger partial charge in [-0.3, -0.25) is 9.78 Å². The van der Waals surface area contributed by atoms with Gasteiger partial charge in [0.05, 0.1) is 38.9 Å². The number of aromatic nitrogens is 3. The Kier molecular flexibility index (Phi) is 11.2. The molecule has 1 unspecified atom stereocenters. The maximum absolute atomic E-state index is 13.7. The molecule has 3 aromatic heterocycles. The minimum Gasteiger partial charge on any atom is -0.493 e. The lowest BCUT2D eigenvalue weighted by Gasteiger charge is -2.28. The van der Waals surface area contributed by atoms with Crippen LogP contribution in [0.4, 0.5) is 5.95 Å². The van der Waals surface area contributed by atoms with Crippen LogP contribution in [0.15, 0.2) is 77.5 Å². The Morgan fingerprint density at radius 2 is 1.74 bits per heavy atom. The molecule has 2 aromatic carbocycles. The number of hydrogen-bond donors (Lipinski definition) is 1. The predicted molar refractivity (Wildman–Crippen MR) is 191 cm³/mol. The molecule has 5 aromatic rings. The number of likely N-dealkylation sites (N-methyl/N-ethyl adjacent to an activating group) is 1. The highest BCUT2D eigenvalue weighted by Gasteiger charge is 2.25. The Labute approximate surface area is 292 Å². The molecule has 1 amide bonds. The molecule has 0 radical (unpaired) electrons. The molecule has 12 heteroatoms. The first-order valence-corrected chi connectivity index (χ1v) is 17.0. The summed E-state index contributed by atoms with van der Waals surface area (Å²) in [4.78, 5) is 29.8. The molecule has 0 aliphatic carbocycles. The number of anilines is 1. The number of furan rings is 1. The molecule has 264 valence electrons. The number of fused-ring (bicyclic) bond motifs is 1. The predicted octanol–water partition coefficient (Wildman–Crippen LogP) is 5.05. The second-order valence-corrected chi connectivity index (χ2v) is 12.6. The van der Waals surface area contributed by atoms with Crippen LogP contribution >= 0.6 is 0 Å². The van der Waals surface area contributed by atoms with E-state index in [0.29, 0.717) is 41.7 Å². The summed E-state index contributed by atoms with van der Waals surface area (Å²) in [5.41, 5.74) is 3.56. The third-order valence-corrected chi connectivity index (χ3v) is 9.40. The first-order valence-electron chi connectivity index (χ1n) is 17.0. The topological polar surface area (TPSA) is 119 Å². The fraction of sp³-hybridized carbons (Fsp3) is 0.395. The second-order valence-electron chi connectivity index (χ2n) is 12.6. The van der Waals surface area contributed by atoms with Crippen LogP contribution in [-0.4, -0.2) is 103 Å². The van der Waals surface area contributed by atoms with Crippen molar-refractivity contribution in [1.82, 2.24) is 24.3 Å². The Morgan fingerprint density at radius 3 is 2.44 bits per heavy atom. The van der Waals surface area contributed by atoms with E-state index in [-0.39, 0.29) is 18.4 Å². The monoisotopic (exact) mass is 682 g/mol. The van der Waals surface area contributed by atoms with Crippen LogP contribution in [0.5, 0.6) is 17.2 Å². The molecular formula is C38H46N6O6. The molecule has 1 N–H and O–H groups in total. The maximum atomic E-state index is 13.7. The zero-order chi connectivity index (χ0) is 35.0. The summed E-state index contributed by atoms with van der Waals surface area (Å²) in [7, 11) is 6.46. The van der Waals surface area contributed by atoms with Gasteiger partial charge in [0, 0.05) is 57.1 Å². The third kappa shape index (κ3) is 7.71. The number of nitrogens with zero attached hydrogens (tertiary/aromatic N) is 6. The number of rotatable bonds is 14. The van der Waals surface area contributed by atoms with Gasteiger partial charge in [0.25, 0.3) is 5.91 Å². The van der Waals surface area contributed by atoms with Crippen LogP contribution in [0, 0.1) is 0 Å². The number of para-hydroxylation sites is 2. The van der Waals surface area contributed by atoms with E-state index < -0.39 is 0 Å². The molecule has 1 atom stereocenters. The van der Waals surface area contributed by atoms with Gasteiger partial charge in [-0.25, -0.2) is 4.98 Å². The largest absolute Gasteiger partial charge is 0.493 e. The highest BCUT2D eigenvalue weighted by molar-refractivity contribution is 5.95. The van der Waals surface area contributed by atoms with Gasteiger partial charge in [0.15, 0.2) is 11.5 Å². The molecular weight excluding hydrogens is 636 g/mol. The number of amides is 1. The quantitative estimate of drug-likeness (QED) is 0.171. The fourth-order valence-corrected chi connectivity index (χ4v) is 6.76. The van der Waals surface area contributed by atoms with Gasteiger partial charge in [-0.05, 0) is 74.0 Å². The Morgan fingerprint density at radius 1 is 0.960 bits per heavy atom. The molecule has 0 bridgehead atoms. The van der Waals surface area contributed by atoms with E-state index >= 15 is 0 Å². The summed E-state index contributed by atoms with van der Waals surface area (Å²) in [6.07, 6.45) is 5.54. The minimum absolute atomic E-state index is 0.0837. The van der Waals surface area contributed by atoms with E-state index in [2.05, 4.69) is 31.5 Å². The van der Waals surface area contributed by atoms with Gasteiger partial charge >= 0.3 is 0 Å². The smallest absolute Gasteiger partial charge is 0.253 e. The molecule has 1 fully saturated rings. The number of hydrogen-bond acceptors (Lipinski definition) is 10. The van der Waals surface area contributed by atoms with Gasteiger partial charge in [0.2, 0.25) is 11.7 Å². The van der Waals surface area contributed by atoms with Crippen molar-refractivity contribution in [2.45, 2.75) is 31.9 Å². The van der Waals surface area contributed by atoms with E-state index in [1.807, 2.05) is 49.6 Å². The Bertz CT molecular complexity index is 1850. The molecule has 0 spiro atoms. The van der Waals surface area contributed by atoms with Crippen molar-refractivity contribution in [2.24, 2.45) is 0 Å². The van der Waals surface area contributed by atoms with E-state index in [0.717, 1.165) is 73.9 Å². The summed E-state index contributed by atoms with van der Waals surface area (Å²) in [6.45, 7) is 5.39. The lowest BCUT2D eigenvalue weighted by Crippen LogP contribution is -2.35. The number of aliphatic hydroxyl groups excluding tert-OH is 1. The zero-order valence-corrected chi connectivity index (χ0v) is 29.2. The van der Waals surface area contributed by atoms with Gasteiger partial charge in [-0.1, -0.05) is 18.2 Å². The van der Waals surface area contributed by atoms with Gasteiger partial charge in [-0.2, -0.15) is 0 Å². The lowest BCUT2D eigenvalue weighted by atomic mass is 9.96. The molecule has 1 aliphatic heterocycles. The van der Waals surface area contributed by atoms with Crippen LogP contribution in [0.25, 0.3) is 11.0 Å². The number of methoxy groups -OCH3 is 3. The van der Waals surface area contributed by atoms with E-state index in [9.17, 15) is 9.90 Å². The number of pyridine rings is 1. The van der Waals surface area contributed by atoms with Crippen LogP contribution in [0.1, 0.15) is 46.2 Å². The molecule has 1 aliphatic rings. The third-order valence-electron chi connectivity index (χ3n) is 9.40. The molecule has 50 heavy (non-hydrogen) atoms. The van der Waals surface area contributed by atoms with Gasteiger partial charge in [-0.15, -0.1) is 0 Å². The standard InChI is InChI=1S/C38H46N6O6/c1-41(37(46)29-21-34(47-2)36(49-4)35(22-29)48-3)24-28(27-9-7-15-39-23-27)14-18-42-16-8-17-43(20-19-42)38-40-32-10-5-6-11-33(32)44(38)25-30-12-13-31(26-45)50-30/h5-7,9-13,15,21-23,28,45H,8,14,16-20,24-26H2,1-4H3. The van der Waals surface area contributed by atoms with Crippen LogP contribution in [0.3, 0.4) is 0 Å². The van der Waals surface area contributed by atoms with Crippen LogP contribution in [-0.2, 0) is 13.2 Å². The van der Waals surface area contributed by atoms with E-state index in [1.165, 1.54) is 0 Å². The SMILES string of the molecule is COc1cc(C(=O)N(C)CC(CCN2CCCN(c3nc4ccccc4n3Cc3ccc(CO)o3)CC2)c2cccnc2)cc(OC)c1OC. The number of ether oxygens (including phenoxy) is 3. The van der Waals surface area contributed by atoms with Gasteiger partial charge in [0.1, 0.15) is 18.1 Å². The molecule has 0 saturated carbocycles. The second kappa shape index (κ2) is 16.1. The van der Waals surface area contributed by atoms with Crippen LogP contribution < -0.4 is 19.1 Å². The Hall–Kier alpha value is -5.07. The van der Waals surface area contributed by atoms with Gasteiger partial charge < -0.3 is 43.0 Å². The number of carbonyl (C=O) groups is 1. The van der Waals surface area contributed by atoms with E-state index in [1.54, 1.807) is 44.6 Å². The zero-order valence-electron chi connectivity index (χ0n) is 29.2. The number of carbonyl (C=O) groups excluding carboxylic acids is 1. The number of benzene rings is 2. The molecule has 1 saturated heterocycles. The highest BCUT2D eigenvalue weighted by Crippen LogP contribution is 2.38. The van der Waals surface area contributed by atoms with Crippen molar-refractivity contribution in [3.63, 3.8) is 0 Å². The van der Waals surface area contributed by atoms with E-state index in [4.69, 9.17) is 23.6 Å². The van der Waals surface area contributed by atoms with Crippen molar-refractivity contribution >= 4 is 22.9 Å². The maximum Gasteiger partial charge on any atom is 0.253 e. The average molecular weight is 683 g/mol. The number of aliphatic hydroxyl groups is 1. The summed E-state index contributed by atoms with van der Waals surface area (Å²) in [5, 5.41) is 9.51. The minimum atomic E-state index is -0.131. The summed E-state index contributed by atoms with van der Waals surface area (Å²) in [6, 6.07) is 19.3. The van der Waals surface area contributed by atoms with Crippen molar-refractivity contribution < 1.29 is 28.5 Å². The highest BCUT2D eigenvalue weighted by atomic mass is 16.5. The fourth-order valence-electron chi connectivity index (χ4n) is 6.76. The van der Waals surface area contributed by atoms with Crippen molar-refractivity contribution in [1.29, 1.82) is 0 Å². The first kappa shape index (κ1) is 34.8. The van der Waals surface area contributed by atoms with Crippen LogP contribution in [0.2, 0.25) is 0 Å². The van der Waals surface area contributed by atoms with Crippen molar-refractivity contribution in [3.05, 3.63) is 95.7 Å². The normalized spacial score (nSPS) is 14.4. The molecule has 6 rings (SSSR count). The average Bonchev–Trinajstić information content (AvgIpc) is 3.69. The molecule has 4 heterocycles. The van der Waals surface area contributed by atoms with Crippen molar-refractivity contribution in [2.75, 3.05) is 72.5 Å². The summed E-state index contributed by atoms with van der Waals surface area (Å²) < 4.78 is 24.5.